The second-order valence-corrected chi connectivity index (χ2v) is 8.85. The Morgan fingerprint density at radius 2 is 1.68 bits per heavy atom. The number of nitrogens with zero attached hydrogens (tertiary/aromatic N) is 6. The lowest BCUT2D eigenvalue weighted by atomic mass is 10.0. The van der Waals surface area contributed by atoms with Crippen LogP contribution in [0.3, 0.4) is 0 Å². The third-order valence-corrected chi connectivity index (χ3v) is 5.98. The van der Waals surface area contributed by atoms with Crippen molar-refractivity contribution >= 4 is 29.3 Å². The fourth-order valence-corrected chi connectivity index (χ4v) is 4.10. The second-order valence-electron chi connectivity index (χ2n) is 8.85. The zero-order valence-electron chi connectivity index (χ0n) is 21.6. The SMILES string of the molecule is Cc1cc(C=CC#N)cc(C)c1Nc1nc(Nc2ccc(C#N)cc2)nc(OCCCN2CCOCC2)n1. The van der Waals surface area contributed by atoms with Crippen molar-refractivity contribution in [2.75, 3.05) is 50.1 Å². The Labute approximate surface area is 222 Å². The highest BCUT2D eigenvalue weighted by atomic mass is 16.5. The Morgan fingerprint density at radius 1 is 1.00 bits per heavy atom. The topological polar surface area (TPSA) is 132 Å². The predicted molar refractivity (Wildman–Crippen MR) is 145 cm³/mol. The van der Waals surface area contributed by atoms with Gasteiger partial charge in [0, 0.05) is 37.1 Å². The molecule has 4 rings (SSSR count). The number of nitriles is 2. The summed E-state index contributed by atoms with van der Waals surface area (Å²) in [6.45, 7) is 8.75. The molecule has 1 saturated heterocycles. The number of rotatable bonds is 10. The van der Waals surface area contributed by atoms with Gasteiger partial charge in [0.25, 0.3) is 0 Å². The average molecular weight is 511 g/mol. The Hall–Kier alpha value is -4.51. The third kappa shape index (κ3) is 7.50. The summed E-state index contributed by atoms with van der Waals surface area (Å²) >= 11 is 0. The highest BCUT2D eigenvalue weighted by Gasteiger charge is 2.13. The Balaban J connectivity index is 1.53. The second kappa shape index (κ2) is 13.2. The summed E-state index contributed by atoms with van der Waals surface area (Å²) in [6.07, 6.45) is 4.06. The number of hydrogen-bond donors (Lipinski definition) is 2. The number of aryl methyl sites for hydroxylation is 2. The van der Waals surface area contributed by atoms with Gasteiger partial charge in [0.15, 0.2) is 0 Å². The van der Waals surface area contributed by atoms with Crippen molar-refractivity contribution in [1.82, 2.24) is 19.9 Å². The molecule has 1 aliphatic heterocycles. The molecule has 1 aliphatic rings. The van der Waals surface area contributed by atoms with Gasteiger partial charge < -0.3 is 20.1 Å². The van der Waals surface area contributed by atoms with Gasteiger partial charge in [0.05, 0.1) is 37.5 Å². The Morgan fingerprint density at radius 3 is 2.34 bits per heavy atom. The molecule has 38 heavy (non-hydrogen) atoms. The lowest BCUT2D eigenvalue weighted by molar-refractivity contribution is 0.0356. The van der Waals surface area contributed by atoms with Crippen LogP contribution in [-0.4, -0.2) is 59.3 Å². The van der Waals surface area contributed by atoms with Gasteiger partial charge in [-0.3, -0.25) is 4.90 Å². The first kappa shape index (κ1) is 26.6. The minimum atomic E-state index is 0.213. The Kier molecular flexibility index (Phi) is 9.19. The highest BCUT2D eigenvalue weighted by molar-refractivity contribution is 5.68. The normalized spacial score (nSPS) is 13.6. The van der Waals surface area contributed by atoms with Gasteiger partial charge in [-0.2, -0.15) is 25.5 Å². The maximum Gasteiger partial charge on any atom is 0.323 e. The van der Waals surface area contributed by atoms with Gasteiger partial charge in [-0.15, -0.1) is 0 Å². The summed E-state index contributed by atoms with van der Waals surface area (Å²) in [7, 11) is 0. The van der Waals surface area contributed by atoms with E-state index >= 15 is 0 Å². The van der Waals surface area contributed by atoms with E-state index in [4.69, 9.17) is 20.0 Å². The lowest BCUT2D eigenvalue weighted by Crippen LogP contribution is -2.37. The fourth-order valence-electron chi connectivity index (χ4n) is 4.10. The van der Waals surface area contributed by atoms with Crippen molar-refractivity contribution in [3.05, 3.63) is 64.7 Å². The molecule has 10 nitrogen and oxygen atoms in total. The van der Waals surface area contributed by atoms with E-state index in [0.29, 0.717) is 24.1 Å². The van der Waals surface area contributed by atoms with Gasteiger partial charge in [-0.25, -0.2) is 0 Å². The van der Waals surface area contributed by atoms with Gasteiger partial charge in [-0.05, 0) is 79.4 Å². The summed E-state index contributed by atoms with van der Waals surface area (Å²) in [6, 6.07) is 15.4. The van der Waals surface area contributed by atoms with E-state index in [1.165, 1.54) is 6.08 Å². The smallest absolute Gasteiger partial charge is 0.323 e. The van der Waals surface area contributed by atoms with E-state index in [2.05, 4.69) is 36.6 Å². The number of morpholine rings is 1. The summed E-state index contributed by atoms with van der Waals surface area (Å²) in [5.41, 5.74) is 5.08. The summed E-state index contributed by atoms with van der Waals surface area (Å²) in [4.78, 5) is 15.9. The maximum absolute atomic E-state index is 9.07. The monoisotopic (exact) mass is 510 g/mol. The van der Waals surface area contributed by atoms with Crippen molar-refractivity contribution in [2.45, 2.75) is 20.3 Å². The third-order valence-electron chi connectivity index (χ3n) is 5.98. The molecule has 1 fully saturated rings. The number of nitrogens with one attached hydrogen (secondary N) is 2. The molecule has 0 bridgehead atoms. The fraction of sp³-hybridized carbons (Fsp3) is 0.321. The minimum Gasteiger partial charge on any atom is -0.463 e. The first-order valence-electron chi connectivity index (χ1n) is 12.4. The number of aromatic nitrogens is 3. The van der Waals surface area contributed by atoms with Crippen molar-refractivity contribution in [1.29, 1.82) is 10.5 Å². The summed E-state index contributed by atoms with van der Waals surface area (Å²) < 4.78 is 11.3. The van der Waals surface area contributed by atoms with Crippen LogP contribution in [0.5, 0.6) is 6.01 Å². The Bertz CT molecular complexity index is 1330. The maximum atomic E-state index is 9.07. The molecule has 0 radical (unpaired) electrons. The number of hydrogen-bond acceptors (Lipinski definition) is 10. The van der Waals surface area contributed by atoms with Crippen molar-refractivity contribution < 1.29 is 9.47 Å². The zero-order valence-corrected chi connectivity index (χ0v) is 21.6. The zero-order chi connectivity index (χ0) is 26.7. The average Bonchev–Trinajstić information content (AvgIpc) is 2.93. The molecule has 0 spiro atoms. The van der Waals surface area contributed by atoms with Crippen LogP contribution in [0.2, 0.25) is 0 Å². The molecule has 0 unspecified atom stereocenters. The van der Waals surface area contributed by atoms with E-state index in [0.717, 1.165) is 67.3 Å². The van der Waals surface area contributed by atoms with E-state index in [1.807, 2.05) is 32.0 Å². The van der Waals surface area contributed by atoms with Crippen LogP contribution in [0.4, 0.5) is 23.3 Å². The van der Waals surface area contributed by atoms with E-state index in [9.17, 15) is 0 Å². The van der Waals surface area contributed by atoms with Gasteiger partial charge in [0.1, 0.15) is 0 Å². The van der Waals surface area contributed by atoms with E-state index in [-0.39, 0.29) is 6.01 Å². The molecular weight excluding hydrogens is 480 g/mol. The van der Waals surface area contributed by atoms with Crippen LogP contribution < -0.4 is 15.4 Å². The number of allylic oxidation sites excluding steroid dienone is 1. The quantitative estimate of drug-likeness (QED) is 0.297. The van der Waals surface area contributed by atoms with Crippen LogP contribution in [-0.2, 0) is 4.74 Å². The molecule has 3 aromatic rings. The molecule has 194 valence electrons. The van der Waals surface area contributed by atoms with Crippen molar-refractivity contribution in [3.63, 3.8) is 0 Å². The van der Waals surface area contributed by atoms with Crippen LogP contribution >= 0.6 is 0 Å². The predicted octanol–water partition coefficient (Wildman–Crippen LogP) is 4.49. The van der Waals surface area contributed by atoms with E-state index < -0.39 is 0 Å². The van der Waals surface area contributed by atoms with Crippen molar-refractivity contribution in [2.24, 2.45) is 0 Å². The van der Waals surface area contributed by atoms with Crippen molar-refractivity contribution in [3.8, 4) is 18.1 Å². The van der Waals surface area contributed by atoms with Crippen LogP contribution in [0.15, 0.2) is 42.5 Å². The number of anilines is 4. The number of benzene rings is 2. The first-order chi connectivity index (χ1) is 18.5. The van der Waals surface area contributed by atoms with Gasteiger partial charge >= 0.3 is 6.01 Å². The van der Waals surface area contributed by atoms with Gasteiger partial charge in [-0.1, -0.05) is 0 Å². The summed E-state index contributed by atoms with van der Waals surface area (Å²) in [5, 5.41) is 24.4. The largest absolute Gasteiger partial charge is 0.463 e. The molecule has 2 N–H and O–H groups in total. The van der Waals surface area contributed by atoms with Gasteiger partial charge in [0.2, 0.25) is 11.9 Å². The molecule has 0 amide bonds. The van der Waals surface area contributed by atoms with Crippen LogP contribution in [0.25, 0.3) is 6.08 Å². The first-order valence-corrected chi connectivity index (χ1v) is 12.4. The summed E-state index contributed by atoms with van der Waals surface area (Å²) in [5.74, 6) is 0.658. The standard InChI is InChI=1S/C28H30N8O2/c1-20-17-23(5-3-10-29)18-21(2)25(20)32-27-33-26(31-24-8-6-22(19-30)7-9-24)34-28(35-27)38-14-4-11-36-12-15-37-16-13-36/h3,5-9,17-18H,4,11-16H2,1-2H3,(H2,31,32,33,34,35). The molecule has 0 atom stereocenters. The number of ether oxygens (including phenoxy) is 2. The molecule has 0 aliphatic carbocycles. The molecular formula is C28H30N8O2. The molecule has 2 heterocycles. The van der Waals surface area contributed by atoms with Crippen LogP contribution in [0, 0.1) is 36.5 Å². The molecule has 10 heteroatoms. The van der Waals surface area contributed by atoms with Crippen LogP contribution in [0.1, 0.15) is 28.7 Å². The molecule has 0 saturated carbocycles. The lowest BCUT2D eigenvalue weighted by Gasteiger charge is -2.26. The highest BCUT2D eigenvalue weighted by Crippen LogP contribution is 2.27. The minimum absolute atomic E-state index is 0.213. The molecule has 1 aromatic heterocycles. The molecule has 2 aromatic carbocycles. The van der Waals surface area contributed by atoms with E-state index in [1.54, 1.807) is 30.3 Å².